The fraction of sp³-hybridized carbons (Fsp3) is 0.409. The third-order valence-corrected chi connectivity index (χ3v) is 8.36. The lowest BCUT2D eigenvalue weighted by Crippen LogP contribution is -2.41. The third kappa shape index (κ3) is 4.45. The van der Waals surface area contributed by atoms with E-state index < -0.39 is 15.8 Å². The number of piperidine rings is 1. The Morgan fingerprint density at radius 1 is 1.03 bits per heavy atom. The maximum atomic E-state index is 14.0. The average Bonchev–Trinajstić information content (AvgIpc) is 2.75. The highest BCUT2D eigenvalue weighted by molar-refractivity contribution is 9.10. The van der Waals surface area contributed by atoms with Crippen LogP contribution in [-0.2, 0) is 27.7 Å². The summed E-state index contributed by atoms with van der Waals surface area (Å²) < 4.78 is 42.2. The van der Waals surface area contributed by atoms with Gasteiger partial charge in [0.15, 0.2) is 0 Å². The largest absolute Gasteiger partial charge is 0.323 e. The minimum atomic E-state index is -3.58. The Hall–Kier alpha value is -1.77. The van der Waals surface area contributed by atoms with Crippen molar-refractivity contribution in [1.82, 2.24) is 4.31 Å². The Morgan fingerprint density at radius 3 is 2.43 bits per heavy atom. The quantitative estimate of drug-likeness (QED) is 0.679. The van der Waals surface area contributed by atoms with Crippen molar-refractivity contribution in [2.75, 3.05) is 18.4 Å². The van der Waals surface area contributed by atoms with Gasteiger partial charge in [-0.05, 0) is 80.0 Å². The number of aryl methyl sites for hydroxylation is 2. The molecular formula is C22H24BrFN2O3S. The van der Waals surface area contributed by atoms with Gasteiger partial charge in [-0.3, -0.25) is 4.79 Å². The van der Waals surface area contributed by atoms with Crippen molar-refractivity contribution < 1.29 is 17.6 Å². The topological polar surface area (TPSA) is 66.5 Å². The van der Waals surface area contributed by atoms with Crippen LogP contribution in [0.3, 0.4) is 0 Å². The Kier molecular flexibility index (Phi) is 6.27. The number of hydrogen-bond acceptors (Lipinski definition) is 3. The van der Waals surface area contributed by atoms with Gasteiger partial charge in [-0.15, -0.1) is 0 Å². The number of fused-ring (bicyclic) bond motifs is 1. The fourth-order valence-electron chi connectivity index (χ4n) is 4.20. The first-order valence-electron chi connectivity index (χ1n) is 10.2. The zero-order chi connectivity index (χ0) is 21.3. The van der Waals surface area contributed by atoms with Gasteiger partial charge >= 0.3 is 0 Å². The average molecular weight is 495 g/mol. The van der Waals surface area contributed by atoms with E-state index in [1.54, 1.807) is 12.1 Å². The van der Waals surface area contributed by atoms with Gasteiger partial charge in [0.1, 0.15) is 5.82 Å². The molecule has 0 radical (unpaired) electrons. The molecular weight excluding hydrogens is 471 g/mol. The number of amides is 1. The van der Waals surface area contributed by atoms with E-state index in [9.17, 15) is 17.6 Å². The summed E-state index contributed by atoms with van der Waals surface area (Å²) >= 11 is 3.19. The minimum Gasteiger partial charge on any atom is -0.323 e. The summed E-state index contributed by atoms with van der Waals surface area (Å²) in [4.78, 5) is 12.9. The zero-order valence-corrected chi connectivity index (χ0v) is 18.9. The molecule has 5 nitrogen and oxygen atoms in total. The predicted octanol–water partition coefficient (Wildman–Crippen LogP) is 4.51. The highest BCUT2D eigenvalue weighted by Gasteiger charge is 2.32. The highest BCUT2D eigenvalue weighted by atomic mass is 79.9. The number of rotatable bonds is 4. The molecule has 1 saturated heterocycles. The highest BCUT2D eigenvalue weighted by Crippen LogP contribution is 2.29. The van der Waals surface area contributed by atoms with Gasteiger partial charge in [0.2, 0.25) is 15.9 Å². The Labute approximate surface area is 184 Å². The van der Waals surface area contributed by atoms with E-state index in [0.29, 0.717) is 22.2 Å². The number of nitrogens with one attached hydrogen (secondary N) is 1. The molecule has 0 aromatic heterocycles. The van der Waals surface area contributed by atoms with Crippen LogP contribution in [0.5, 0.6) is 0 Å². The van der Waals surface area contributed by atoms with Crippen molar-refractivity contribution in [1.29, 1.82) is 0 Å². The van der Waals surface area contributed by atoms with E-state index in [1.807, 2.05) is 12.1 Å². The van der Waals surface area contributed by atoms with E-state index in [-0.39, 0.29) is 30.6 Å². The Morgan fingerprint density at radius 2 is 1.73 bits per heavy atom. The van der Waals surface area contributed by atoms with E-state index in [0.717, 1.165) is 31.2 Å². The molecule has 1 aliphatic carbocycles. The molecule has 0 bridgehead atoms. The van der Waals surface area contributed by atoms with Gasteiger partial charge in [0.05, 0.1) is 10.6 Å². The molecule has 2 aliphatic rings. The summed E-state index contributed by atoms with van der Waals surface area (Å²) in [5, 5.41) is 2.62. The van der Waals surface area contributed by atoms with Gasteiger partial charge < -0.3 is 5.32 Å². The second-order valence-electron chi connectivity index (χ2n) is 7.93. The molecule has 0 unspecified atom stereocenters. The van der Waals surface area contributed by atoms with Crippen molar-refractivity contribution in [3.05, 3.63) is 57.8 Å². The predicted molar refractivity (Wildman–Crippen MR) is 117 cm³/mol. The van der Waals surface area contributed by atoms with Crippen molar-refractivity contribution in [2.45, 2.75) is 43.4 Å². The number of carbonyl (C=O) groups is 1. The molecule has 0 spiro atoms. The normalized spacial score (nSPS) is 18.1. The SMILES string of the molecule is O=C(Nc1ccc(Br)cc1F)C1CCN(S(=O)(=O)c2ccc3c(c2)CCCC3)CC1. The maximum absolute atomic E-state index is 14.0. The van der Waals surface area contributed by atoms with Crippen LogP contribution in [0.15, 0.2) is 45.8 Å². The number of nitrogens with zero attached hydrogens (tertiary/aromatic N) is 1. The molecule has 1 aliphatic heterocycles. The summed E-state index contributed by atoms with van der Waals surface area (Å²) in [5.41, 5.74) is 2.51. The molecule has 1 fully saturated rings. The molecule has 0 atom stereocenters. The lowest BCUT2D eigenvalue weighted by Gasteiger charge is -2.31. The maximum Gasteiger partial charge on any atom is 0.243 e. The van der Waals surface area contributed by atoms with Gasteiger partial charge in [-0.1, -0.05) is 22.0 Å². The zero-order valence-electron chi connectivity index (χ0n) is 16.5. The molecule has 2 aromatic rings. The lowest BCUT2D eigenvalue weighted by atomic mass is 9.92. The first kappa shape index (κ1) is 21.5. The Balaban J connectivity index is 1.40. The standard InChI is InChI=1S/C22H24BrFN2O3S/c23-18-6-8-21(20(24)14-18)25-22(27)16-9-11-26(12-10-16)30(28,29)19-7-5-15-3-1-2-4-17(15)13-19/h5-8,13-14,16H,1-4,9-12H2,(H,25,27). The summed E-state index contributed by atoms with van der Waals surface area (Å²) in [5.74, 6) is -1.13. The number of anilines is 1. The van der Waals surface area contributed by atoms with Crippen LogP contribution in [0.25, 0.3) is 0 Å². The van der Waals surface area contributed by atoms with Gasteiger partial charge in [0, 0.05) is 23.5 Å². The second-order valence-corrected chi connectivity index (χ2v) is 10.8. The number of carbonyl (C=O) groups excluding carboxylic acids is 1. The monoisotopic (exact) mass is 494 g/mol. The molecule has 1 N–H and O–H groups in total. The van der Waals surface area contributed by atoms with Crippen molar-refractivity contribution >= 4 is 37.5 Å². The Bertz CT molecular complexity index is 1070. The van der Waals surface area contributed by atoms with E-state index >= 15 is 0 Å². The summed E-state index contributed by atoms with van der Waals surface area (Å²) in [6.45, 7) is 0.556. The molecule has 0 saturated carbocycles. The molecule has 8 heteroatoms. The molecule has 160 valence electrons. The van der Waals surface area contributed by atoms with Crippen LogP contribution in [0, 0.1) is 11.7 Å². The molecule has 1 heterocycles. The van der Waals surface area contributed by atoms with Gasteiger partial charge in [0.25, 0.3) is 0 Å². The van der Waals surface area contributed by atoms with Crippen LogP contribution < -0.4 is 5.32 Å². The van der Waals surface area contributed by atoms with E-state index in [2.05, 4.69) is 21.2 Å². The number of sulfonamides is 1. The number of halogens is 2. The van der Waals surface area contributed by atoms with Crippen LogP contribution in [0.1, 0.15) is 36.8 Å². The third-order valence-electron chi connectivity index (χ3n) is 5.97. The van der Waals surface area contributed by atoms with E-state index in [4.69, 9.17) is 0 Å². The van der Waals surface area contributed by atoms with Crippen molar-refractivity contribution in [2.24, 2.45) is 5.92 Å². The van der Waals surface area contributed by atoms with E-state index in [1.165, 1.54) is 22.0 Å². The lowest BCUT2D eigenvalue weighted by molar-refractivity contribution is -0.120. The van der Waals surface area contributed by atoms with Crippen LogP contribution >= 0.6 is 15.9 Å². The van der Waals surface area contributed by atoms with Crippen LogP contribution in [0.4, 0.5) is 10.1 Å². The molecule has 1 amide bonds. The summed E-state index contributed by atoms with van der Waals surface area (Å²) in [7, 11) is -3.58. The first-order valence-corrected chi connectivity index (χ1v) is 12.5. The second kappa shape index (κ2) is 8.77. The summed E-state index contributed by atoms with van der Waals surface area (Å²) in [6.07, 6.45) is 5.00. The first-order chi connectivity index (χ1) is 14.3. The fourth-order valence-corrected chi connectivity index (χ4v) is 6.06. The molecule has 4 rings (SSSR count). The smallest absolute Gasteiger partial charge is 0.243 e. The van der Waals surface area contributed by atoms with Gasteiger partial charge in [-0.2, -0.15) is 4.31 Å². The summed E-state index contributed by atoms with van der Waals surface area (Å²) in [6, 6.07) is 9.92. The van der Waals surface area contributed by atoms with Crippen LogP contribution in [-0.4, -0.2) is 31.7 Å². The van der Waals surface area contributed by atoms with Gasteiger partial charge in [-0.25, -0.2) is 12.8 Å². The molecule has 30 heavy (non-hydrogen) atoms. The number of benzene rings is 2. The minimum absolute atomic E-state index is 0.132. The molecule has 2 aromatic carbocycles. The van der Waals surface area contributed by atoms with Crippen LogP contribution in [0.2, 0.25) is 0 Å². The van der Waals surface area contributed by atoms with Crippen molar-refractivity contribution in [3.63, 3.8) is 0 Å². The number of hydrogen-bond donors (Lipinski definition) is 1. The van der Waals surface area contributed by atoms with Crippen molar-refractivity contribution in [3.8, 4) is 0 Å².